The predicted molar refractivity (Wildman–Crippen MR) is 94.9 cm³/mol. The largest absolute Gasteiger partial charge is 0.472 e. The number of aldehydes is 1. The summed E-state index contributed by atoms with van der Waals surface area (Å²) in [7, 11) is 0. The number of carbonyl (C=O) groups excluding carboxylic acids is 1. The summed E-state index contributed by atoms with van der Waals surface area (Å²) in [6, 6.07) is 8.07. The van der Waals surface area contributed by atoms with E-state index < -0.39 is 18.2 Å². The lowest BCUT2D eigenvalue weighted by molar-refractivity contribution is -0.248. The van der Waals surface area contributed by atoms with Crippen LogP contribution in [0.3, 0.4) is 0 Å². The summed E-state index contributed by atoms with van der Waals surface area (Å²) in [5.41, 5.74) is -2.06. The molecule has 0 aromatic heterocycles. The van der Waals surface area contributed by atoms with Crippen LogP contribution in [0.5, 0.6) is 5.75 Å². The van der Waals surface area contributed by atoms with Gasteiger partial charge in [0.2, 0.25) is 5.60 Å². The molecule has 0 saturated carbocycles. The normalized spacial score (nSPS) is 19.8. The van der Waals surface area contributed by atoms with Crippen molar-refractivity contribution in [3.63, 3.8) is 0 Å². The Morgan fingerprint density at radius 2 is 1.77 bits per heavy atom. The molecule has 0 saturated heterocycles. The quantitative estimate of drug-likeness (QED) is 0.438. The first-order valence-corrected chi connectivity index (χ1v) is 8.46. The van der Waals surface area contributed by atoms with E-state index in [1.807, 2.05) is 0 Å². The first kappa shape index (κ1) is 19.1. The van der Waals surface area contributed by atoms with E-state index in [4.69, 9.17) is 39.5 Å². The number of hydrogen-bond donors (Lipinski definition) is 0. The molecule has 1 heterocycles. The van der Waals surface area contributed by atoms with Gasteiger partial charge in [-0.2, -0.15) is 13.2 Å². The molecular weight excluding hydrogens is 412 g/mol. The Labute approximate surface area is 162 Å². The number of carbonyl (C=O) groups is 1. The molecule has 3 rings (SSSR count). The van der Waals surface area contributed by atoms with Gasteiger partial charge in [0.15, 0.2) is 0 Å². The lowest BCUT2D eigenvalue weighted by atomic mass is 9.88. The maximum absolute atomic E-state index is 14.0. The van der Waals surface area contributed by atoms with E-state index in [9.17, 15) is 18.0 Å². The number of alkyl halides is 3. The zero-order valence-corrected chi connectivity index (χ0v) is 15.2. The van der Waals surface area contributed by atoms with E-state index in [1.165, 1.54) is 36.4 Å². The zero-order chi connectivity index (χ0) is 19.1. The standard InChI is InChI=1S/C18H10Cl3F3O2/c19-13-6-12(7-14(20)8-13)17(18(22,23)24)9-11-5-10(15(21)3-4-25)1-2-16(11)26-17/h1-8H,9H2/b15-3-. The molecule has 1 atom stereocenters. The van der Waals surface area contributed by atoms with E-state index in [1.54, 1.807) is 0 Å². The van der Waals surface area contributed by atoms with Gasteiger partial charge in [-0.25, -0.2) is 0 Å². The molecule has 0 radical (unpaired) electrons. The van der Waals surface area contributed by atoms with Gasteiger partial charge in [0.25, 0.3) is 0 Å². The SMILES string of the molecule is O=C/C=C(\Cl)c1ccc2c(c1)CC(c1cc(Cl)cc(Cl)c1)(C(F)(F)F)O2. The third-order valence-corrected chi connectivity index (χ3v) is 4.84. The van der Waals surface area contributed by atoms with Gasteiger partial charge in [-0.1, -0.05) is 34.8 Å². The fraction of sp³-hybridized carbons (Fsp3) is 0.167. The highest BCUT2D eigenvalue weighted by Gasteiger charge is 2.61. The van der Waals surface area contributed by atoms with Crippen molar-refractivity contribution < 1.29 is 22.7 Å². The minimum Gasteiger partial charge on any atom is -0.472 e. The molecule has 1 aliphatic heterocycles. The second kappa shape index (κ2) is 6.80. The highest BCUT2D eigenvalue weighted by Crippen LogP contribution is 2.52. The monoisotopic (exact) mass is 420 g/mol. The summed E-state index contributed by atoms with van der Waals surface area (Å²) in [5.74, 6) is 0.0812. The minimum atomic E-state index is -4.72. The molecule has 0 spiro atoms. The van der Waals surface area contributed by atoms with Gasteiger partial charge in [0, 0.05) is 22.0 Å². The van der Waals surface area contributed by atoms with E-state index in [-0.39, 0.29) is 26.4 Å². The number of benzene rings is 2. The van der Waals surface area contributed by atoms with Gasteiger partial charge in [-0.15, -0.1) is 0 Å². The summed E-state index contributed by atoms with van der Waals surface area (Å²) in [5, 5.41) is 0.278. The van der Waals surface area contributed by atoms with Crippen LogP contribution in [0.4, 0.5) is 13.2 Å². The molecular formula is C18H10Cl3F3O2. The van der Waals surface area contributed by atoms with Crippen molar-refractivity contribution in [1.82, 2.24) is 0 Å². The highest BCUT2D eigenvalue weighted by molar-refractivity contribution is 6.49. The Hall–Kier alpha value is -1.69. The summed E-state index contributed by atoms with van der Waals surface area (Å²) in [6.45, 7) is 0. The Balaban J connectivity index is 2.11. The van der Waals surface area contributed by atoms with Crippen LogP contribution in [-0.4, -0.2) is 12.5 Å². The van der Waals surface area contributed by atoms with Crippen LogP contribution in [0.1, 0.15) is 16.7 Å². The average Bonchev–Trinajstić information content (AvgIpc) is 2.94. The first-order valence-electron chi connectivity index (χ1n) is 7.33. The number of allylic oxidation sites excluding steroid dienone is 1. The van der Waals surface area contributed by atoms with Crippen molar-refractivity contribution in [2.75, 3.05) is 0 Å². The third-order valence-electron chi connectivity index (χ3n) is 4.06. The molecule has 0 N–H and O–H groups in total. The molecule has 8 heteroatoms. The van der Waals surface area contributed by atoms with Crippen molar-refractivity contribution in [2.45, 2.75) is 18.2 Å². The van der Waals surface area contributed by atoms with Crippen molar-refractivity contribution >= 4 is 46.1 Å². The van der Waals surface area contributed by atoms with Crippen LogP contribution in [0.15, 0.2) is 42.5 Å². The lowest BCUT2D eigenvalue weighted by Gasteiger charge is -2.31. The molecule has 1 aliphatic rings. The Kier molecular flexibility index (Phi) is 4.99. The van der Waals surface area contributed by atoms with Crippen molar-refractivity contribution in [1.29, 1.82) is 0 Å². The van der Waals surface area contributed by atoms with Crippen LogP contribution in [0, 0.1) is 0 Å². The molecule has 0 bridgehead atoms. The summed E-state index contributed by atoms with van der Waals surface area (Å²) < 4.78 is 47.4. The first-order chi connectivity index (χ1) is 12.2. The number of fused-ring (bicyclic) bond motifs is 1. The molecule has 2 nitrogen and oxygen atoms in total. The van der Waals surface area contributed by atoms with Crippen molar-refractivity contribution in [3.05, 3.63) is 69.2 Å². The number of ether oxygens (including phenoxy) is 1. The molecule has 136 valence electrons. The van der Waals surface area contributed by atoms with E-state index in [0.717, 1.165) is 6.08 Å². The average molecular weight is 422 g/mol. The fourth-order valence-corrected chi connectivity index (χ4v) is 3.58. The second-order valence-corrected chi connectivity index (χ2v) is 7.01. The fourth-order valence-electron chi connectivity index (χ4n) is 2.88. The second-order valence-electron chi connectivity index (χ2n) is 5.73. The van der Waals surface area contributed by atoms with Gasteiger partial charge in [-0.05, 0) is 53.6 Å². The van der Waals surface area contributed by atoms with Gasteiger partial charge < -0.3 is 4.74 Å². The summed E-state index contributed by atoms with van der Waals surface area (Å²) in [6.07, 6.45) is -3.57. The van der Waals surface area contributed by atoms with Gasteiger partial charge in [0.1, 0.15) is 12.0 Å². The topological polar surface area (TPSA) is 26.3 Å². The highest BCUT2D eigenvalue weighted by atomic mass is 35.5. The minimum absolute atomic E-state index is 0.0772. The molecule has 0 aliphatic carbocycles. The lowest BCUT2D eigenvalue weighted by Crippen LogP contribution is -2.46. The van der Waals surface area contributed by atoms with Gasteiger partial charge in [0.05, 0.1) is 5.03 Å². The molecule has 1 unspecified atom stereocenters. The Bertz CT molecular complexity index is 889. The molecule has 2 aromatic rings. The van der Waals surface area contributed by atoms with Crippen LogP contribution in [0.2, 0.25) is 10.0 Å². The van der Waals surface area contributed by atoms with E-state index in [2.05, 4.69) is 0 Å². The van der Waals surface area contributed by atoms with Crippen molar-refractivity contribution in [3.8, 4) is 5.75 Å². The molecule has 2 aromatic carbocycles. The third kappa shape index (κ3) is 3.31. The molecule has 0 fully saturated rings. The van der Waals surface area contributed by atoms with E-state index in [0.29, 0.717) is 17.4 Å². The van der Waals surface area contributed by atoms with Gasteiger partial charge in [-0.3, -0.25) is 4.79 Å². The number of hydrogen-bond acceptors (Lipinski definition) is 2. The molecule has 0 amide bonds. The Morgan fingerprint density at radius 3 is 2.35 bits per heavy atom. The van der Waals surface area contributed by atoms with Crippen LogP contribution >= 0.6 is 34.8 Å². The summed E-state index contributed by atoms with van der Waals surface area (Å²) in [4.78, 5) is 10.5. The van der Waals surface area contributed by atoms with Gasteiger partial charge >= 0.3 is 6.18 Å². The number of rotatable bonds is 3. The number of halogens is 6. The Morgan fingerprint density at radius 1 is 1.12 bits per heavy atom. The maximum atomic E-state index is 14.0. The smallest absolute Gasteiger partial charge is 0.432 e. The maximum Gasteiger partial charge on any atom is 0.432 e. The molecule has 26 heavy (non-hydrogen) atoms. The van der Waals surface area contributed by atoms with Crippen molar-refractivity contribution in [2.24, 2.45) is 0 Å². The van der Waals surface area contributed by atoms with Crippen LogP contribution in [-0.2, 0) is 16.8 Å². The predicted octanol–water partition coefficient (Wildman–Crippen LogP) is 6.16. The van der Waals surface area contributed by atoms with Crippen LogP contribution in [0.25, 0.3) is 5.03 Å². The zero-order valence-electron chi connectivity index (χ0n) is 12.9. The van der Waals surface area contributed by atoms with Crippen LogP contribution < -0.4 is 4.74 Å². The summed E-state index contributed by atoms with van der Waals surface area (Å²) >= 11 is 17.7. The van der Waals surface area contributed by atoms with E-state index >= 15 is 0 Å².